The number of nitrogens with zero attached hydrogens (tertiary/aromatic N) is 2. The molecule has 1 aliphatic heterocycles. The number of hydrogen-bond acceptors (Lipinski definition) is 5. The maximum absolute atomic E-state index is 12.4. The molecule has 1 saturated heterocycles. The first-order valence-corrected chi connectivity index (χ1v) is 8.86. The zero-order chi connectivity index (χ0) is 16.1. The van der Waals surface area contributed by atoms with Gasteiger partial charge in [0.2, 0.25) is 5.91 Å². The van der Waals surface area contributed by atoms with E-state index in [1.165, 1.54) is 0 Å². The Labute approximate surface area is 140 Å². The fourth-order valence-electron chi connectivity index (χ4n) is 2.67. The standard InChI is InChI=1S/C17H22N4OS/c18-11-13-2-4-14(5-3-13)17-20-15(12-23-17)10-16(22)21-8-1-6-19-7-9-21/h2-5,12,19H,1,6-11,18H2. The second-order valence-electron chi connectivity index (χ2n) is 5.71. The van der Waals surface area contributed by atoms with Crippen molar-refractivity contribution in [3.05, 3.63) is 40.9 Å². The summed E-state index contributed by atoms with van der Waals surface area (Å²) in [5.41, 5.74) is 8.66. The van der Waals surface area contributed by atoms with Crippen molar-refractivity contribution in [2.45, 2.75) is 19.4 Å². The lowest BCUT2D eigenvalue weighted by Crippen LogP contribution is -2.35. The fourth-order valence-corrected chi connectivity index (χ4v) is 3.49. The Hall–Kier alpha value is -1.76. The van der Waals surface area contributed by atoms with E-state index < -0.39 is 0 Å². The number of benzene rings is 1. The summed E-state index contributed by atoms with van der Waals surface area (Å²) >= 11 is 1.58. The fraction of sp³-hybridized carbons (Fsp3) is 0.412. The quantitative estimate of drug-likeness (QED) is 0.894. The monoisotopic (exact) mass is 330 g/mol. The average Bonchev–Trinajstić information content (AvgIpc) is 2.87. The Bertz CT molecular complexity index is 645. The van der Waals surface area contributed by atoms with Gasteiger partial charge in [0.25, 0.3) is 0 Å². The Morgan fingerprint density at radius 1 is 1.26 bits per heavy atom. The first kappa shape index (κ1) is 16.1. The van der Waals surface area contributed by atoms with E-state index >= 15 is 0 Å². The largest absolute Gasteiger partial charge is 0.341 e. The summed E-state index contributed by atoms with van der Waals surface area (Å²) < 4.78 is 0. The van der Waals surface area contributed by atoms with Crippen LogP contribution in [0, 0.1) is 0 Å². The van der Waals surface area contributed by atoms with Gasteiger partial charge in [-0.25, -0.2) is 4.98 Å². The van der Waals surface area contributed by atoms with E-state index in [2.05, 4.69) is 10.3 Å². The third-order valence-corrected chi connectivity index (χ3v) is 4.95. The van der Waals surface area contributed by atoms with E-state index in [4.69, 9.17) is 5.73 Å². The van der Waals surface area contributed by atoms with Crippen molar-refractivity contribution in [1.82, 2.24) is 15.2 Å². The van der Waals surface area contributed by atoms with Crippen molar-refractivity contribution in [3.63, 3.8) is 0 Å². The summed E-state index contributed by atoms with van der Waals surface area (Å²) in [4.78, 5) is 19.0. The molecule has 1 aliphatic rings. The minimum Gasteiger partial charge on any atom is -0.341 e. The second-order valence-corrected chi connectivity index (χ2v) is 6.56. The summed E-state index contributed by atoms with van der Waals surface area (Å²) in [5, 5.41) is 6.25. The van der Waals surface area contributed by atoms with Crippen LogP contribution in [0.1, 0.15) is 17.7 Å². The van der Waals surface area contributed by atoms with Crippen LogP contribution >= 0.6 is 11.3 Å². The molecule has 0 spiro atoms. The highest BCUT2D eigenvalue weighted by molar-refractivity contribution is 7.13. The maximum Gasteiger partial charge on any atom is 0.228 e. The zero-order valence-electron chi connectivity index (χ0n) is 13.1. The Morgan fingerprint density at radius 3 is 2.87 bits per heavy atom. The molecule has 0 atom stereocenters. The first-order chi connectivity index (χ1) is 11.3. The number of carbonyl (C=O) groups excluding carboxylic acids is 1. The van der Waals surface area contributed by atoms with Crippen LogP contribution < -0.4 is 11.1 Å². The average molecular weight is 330 g/mol. The number of amides is 1. The lowest BCUT2D eigenvalue weighted by molar-refractivity contribution is -0.130. The van der Waals surface area contributed by atoms with Crippen molar-refractivity contribution in [2.24, 2.45) is 5.73 Å². The van der Waals surface area contributed by atoms with Gasteiger partial charge in [-0.15, -0.1) is 11.3 Å². The lowest BCUT2D eigenvalue weighted by Gasteiger charge is -2.19. The molecule has 1 aromatic heterocycles. The molecule has 23 heavy (non-hydrogen) atoms. The summed E-state index contributed by atoms with van der Waals surface area (Å²) in [5.74, 6) is 0.170. The number of thiazole rings is 1. The molecular weight excluding hydrogens is 308 g/mol. The van der Waals surface area contributed by atoms with Gasteiger partial charge in [-0.3, -0.25) is 4.79 Å². The van der Waals surface area contributed by atoms with Gasteiger partial charge in [0, 0.05) is 37.1 Å². The molecule has 3 N–H and O–H groups in total. The molecule has 2 aromatic rings. The number of carbonyl (C=O) groups is 1. The van der Waals surface area contributed by atoms with Gasteiger partial charge in [0.05, 0.1) is 12.1 Å². The number of hydrogen-bond donors (Lipinski definition) is 2. The van der Waals surface area contributed by atoms with E-state index in [0.717, 1.165) is 54.4 Å². The van der Waals surface area contributed by atoms with Gasteiger partial charge in [-0.2, -0.15) is 0 Å². The van der Waals surface area contributed by atoms with E-state index in [1.54, 1.807) is 11.3 Å². The molecule has 1 amide bonds. The molecule has 122 valence electrons. The maximum atomic E-state index is 12.4. The number of nitrogens with one attached hydrogen (secondary N) is 1. The minimum absolute atomic E-state index is 0.170. The van der Waals surface area contributed by atoms with Gasteiger partial charge >= 0.3 is 0 Å². The van der Waals surface area contributed by atoms with Gasteiger partial charge < -0.3 is 16.0 Å². The van der Waals surface area contributed by atoms with E-state index in [1.807, 2.05) is 34.5 Å². The van der Waals surface area contributed by atoms with Crippen molar-refractivity contribution >= 4 is 17.2 Å². The number of aromatic nitrogens is 1. The Balaban J connectivity index is 1.65. The topological polar surface area (TPSA) is 71.2 Å². The Kier molecular flexibility index (Phi) is 5.38. The number of nitrogens with two attached hydrogens (primary N) is 1. The molecule has 1 fully saturated rings. The van der Waals surface area contributed by atoms with Crippen molar-refractivity contribution < 1.29 is 4.79 Å². The lowest BCUT2D eigenvalue weighted by atomic mass is 10.1. The van der Waals surface area contributed by atoms with Crippen LogP contribution in [0.5, 0.6) is 0 Å². The highest BCUT2D eigenvalue weighted by atomic mass is 32.1. The van der Waals surface area contributed by atoms with E-state index in [0.29, 0.717) is 13.0 Å². The minimum atomic E-state index is 0.170. The normalized spacial score (nSPS) is 15.4. The van der Waals surface area contributed by atoms with Crippen LogP contribution in [0.15, 0.2) is 29.6 Å². The predicted octanol–water partition coefficient (Wildman–Crippen LogP) is 1.63. The van der Waals surface area contributed by atoms with Gasteiger partial charge in [0.1, 0.15) is 5.01 Å². The summed E-state index contributed by atoms with van der Waals surface area (Å²) in [6.07, 6.45) is 1.40. The zero-order valence-corrected chi connectivity index (χ0v) is 13.9. The smallest absolute Gasteiger partial charge is 0.228 e. The molecular formula is C17H22N4OS. The van der Waals surface area contributed by atoms with Crippen LogP contribution in [0.2, 0.25) is 0 Å². The summed E-state index contributed by atoms with van der Waals surface area (Å²) in [6, 6.07) is 8.11. The third-order valence-electron chi connectivity index (χ3n) is 4.01. The summed E-state index contributed by atoms with van der Waals surface area (Å²) in [6.45, 7) is 4.04. The van der Waals surface area contributed by atoms with Crippen LogP contribution in [0.25, 0.3) is 10.6 Å². The van der Waals surface area contributed by atoms with Crippen LogP contribution in [0.3, 0.4) is 0 Å². The molecule has 3 rings (SSSR count). The molecule has 0 bridgehead atoms. The first-order valence-electron chi connectivity index (χ1n) is 7.98. The van der Waals surface area contributed by atoms with Crippen LogP contribution in [-0.2, 0) is 17.8 Å². The van der Waals surface area contributed by atoms with Gasteiger partial charge in [-0.1, -0.05) is 24.3 Å². The second kappa shape index (κ2) is 7.68. The third kappa shape index (κ3) is 4.16. The van der Waals surface area contributed by atoms with Gasteiger partial charge in [-0.05, 0) is 18.5 Å². The highest BCUT2D eigenvalue weighted by Crippen LogP contribution is 2.24. The molecule has 0 unspecified atom stereocenters. The van der Waals surface area contributed by atoms with Crippen LogP contribution in [-0.4, -0.2) is 42.0 Å². The number of rotatable bonds is 4. The van der Waals surface area contributed by atoms with Gasteiger partial charge in [0.15, 0.2) is 0 Å². The predicted molar refractivity (Wildman–Crippen MR) is 93.2 cm³/mol. The molecule has 1 aromatic carbocycles. The van der Waals surface area contributed by atoms with Crippen molar-refractivity contribution in [1.29, 1.82) is 0 Å². The molecule has 5 nitrogen and oxygen atoms in total. The van der Waals surface area contributed by atoms with Crippen molar-refractivity contribution in [3.8, 4) is 10.6 Å². The molecule has 0 radical (unpaired) electrons. The van der Waals surface area contributed by atoms with E-state index in [-0.39, 0.29) is 5.91 Å². The molecule has 0 aliphatic carbocycles. The molecule has 6 heteroatoms. The Morgan fingerprint density at radius 2 is 2.09 bits per heavy atom. The summed E-state index contributed by atoms with van der Waals surface area (Å²) in [7, 11) is 0. The van der Waals surface area contributed by atoms with Crippen LogP contribution in [0.4, 0.5) is 0 Å². The highest BCUT2D eigenvalue weighted by Gasteiger charge is 2.17. The van der Waals surface area contributed by atoms with E-state index in [9.17, 15) is 4.79 Å². The molecule has 0 saturated carbocycles. The molecule has 2 heterocycles. The SMILES string of the molecule is NCc1ccc(-c2nc(CC(=O)N3CCCNCC3)cs2)cc1. The van der Waals surface area contributed by atoms with Crippen molar-refractivity contribution in [2.75, 3.05) is 26.2 Å².